The molecule has 3 aromatic rings. The summed E-state index contributed by atoms with van der Waals surface area (Å²) in [5.74, 6) is 0.200. The first-order valence-electron chi connectivity index (χ1n) is 12.7. The van der Waals surface area contributed by atoms with Crippen LogP contribution in [0.3, 0.4) is 0 Å². The van der Waals surface area contributed by atoms with E-state index in [1.54, 1.807) is 23.6 Å². The van der Waals surface area contributed by atoms with E-state index in [1.165, 1.54) is 13.3 Å². The van der Waals surface area contributed by atoms with Crippen molar-refractivity contribution in [3.8, 4) is 17.0 Å². The number of nitrogen functional groups attached to an aromatic ring is 1. The van der Waals surface area contributed by atoms with E-state index in [1.807, 2.05) is 0 Å². The Hall–Kier alpha value is -3.29. The number of methoxy groups -OCH3 is 1. The number of aromatic nitrogens is 4. The molecule has 5 rings (SSSR count). The average Bonchev–Trinajstić information content (AvgIpc) is 3.74. The SMILES string of the molecule is COc1ncc(-c2cc3c(C)nc(N)nc3n([C@H]3CC[C@H](OCCO)CC3)c2=O)cc1NS(=O)(=O)C1CC1. The molecule has 0 spiro atoms. The van der Waals surface area contributed by atoms with Gasteiger partial charge in [-0.2, -0.15) is 4.98 Å². The van der Waals surface area contributed by atoms with Crippen molar-refractivity contribution in [1.29, 1.82) is 0 Å². The van der Waals surface area contributed by atoms with E-state index in [0.29, 0.717) is 53.5 Å². The Labute approximate surface area is 220 Å². The van der Waals surface area contributed by atoms with Gasteiger partial charge in [-0.25, -0.2) is 18.4 Å². The van der Waals surface area contributed by atoms with Crippen molar-refractivity contribution < 1.29 is 23.0 Å². The van der Waals surface area contributed by atoms with Crippen molar-refractivity contribution in [1.82, 2.24) is 19.5 Å². The van der Waals surface area contributed by atoms with E-state index in [9.17, 15) is 13.2 Å². The lowest BCUT2D eigenvalue weighted by atomic mass is 9.92. The molecule has 0 bridgehead atoms. The standard InChI is InChI=1S/C25H32N6O6S/c1-14-19-12-20(15-11-21(23(36-2)27-13-15)30-38(34,35)18-7-8-18)24(33)31(22(19)29-25(26)28-14)16-3-5-17(6-4-16)37-10-9-32/h11-13,16-18,30,32H,3-10H2,1-2H3,(H2,26,28,29)/t16-,17-. The van der Waals surface area contributed by atoms with Crippen molar-refractivity contribution in [3.05, 3.63) is 34.4 Å². The molecule has 0 atom stereocenters. The highest BCUT2D eigenvalue weighted by Crippen LogP contribution is 2.36. The predicted octanol–water partition coefficient (Wildman–Crippen LogP) is 2.15. The minimum absolute atomic E-state index is 0.0258. The highest BCUT2D eigenvalue weighted by molar-refractivity contribution is 7.93. The van der Waals surface area contributed by atoms with E-state index >= 15 is 0 Å². The summed E-state index contributed by atoms with van der Waals surface area (Å²) < 4.78 is 40.5. The number of nitrogens with two attached hydrogens (primary N) is 1. The Bertz CT molecular complexity index is 1510. The molecule has 204 valence electrons. The molecule has 2 saturated carbocycles. The van der Waals surface area contributed by atoms with Crippen LogP contribution >= 0.6 is 0 Å². The van der Waals surface area contributed by atoms with Crippen molar-refractivity contribution in [2.45, 2.75) is 62.8 Å². The summed E-state index contributed by atoms with van der Waals surface area (Å²) in [5.41, 5.74) is 7.73. The number of nitrogens with one attached hydrogen (secondary N) is 1. The maximum absolute atomic E-state index is 14.0. The lowest BCUT2D eigenvalue weighted by Gasteiger charge is -2.30. The zero-order chi connectivity index (χ0) is 27.0. The van der Waals surface area contributed by atoms with Crippen molar-refractivity contribution in [3.63, 3.8) is 0 Å². The number of sulfonamides is 1. The van der Waals surface area contributed by atoms with Gasteiger partial charge in [0.25, 0.3) is 5.56 Å². The number of hydrogen-bond donors (Lipinski definition) is 3. The molecule has 12 nitrogen and oxygen atoms in total. The van der Waals surface area contributed by atoms with Crippen LogP contribution in [0.4, 0.5) is 11.6 Å². The van der Waals surface area contributed by atoms with Crippen LogP contribution in [0.5, 0.6) is 5.88 Å². The smallest absolute Gasteiger partial charge is 0.260 e. The fourth-order valence-electron chi connectivity index (χ4n) is 5.06. The van der Waals surface area contributed by atoms with Crippen molar-refractivity contribution in [2.75, 3.05) is 30.8 Å². The molecular formula is C25H32N6O6S. The van der Waals surface area contributed by atoms with Gasteiger partial charge in [-0.1, -0.05) is 0 Å². The summed E-state index contributed by atoms with van der Waals surface area (Å²) >= 11 is 0. The number of nitrogens with zero attached hydrogens (tertiary/aromatic N) is 4. The van der Waals surface area contributed by atoms with Crippen LogP contribution in [0, 0.1) is 6.92 Å². The van der Waals surface area contributed by atoms with Gasteiger partial charge >= 0.3 is 0 Å². The Morgan fingerprint density at radius 3 is 2.55 bits per heavy atom. The fourth-order valence-corrected chi connectivity index (χ4v) is 6.43. The number of hydrogen-bond acceptors (Lipinski definition) is 10. The van der Waals surface area contributed by atoms with E-state index in [0.717, 1.165) is 12.8 Å². The molecule has 13 heteroatoms. The first-order chi connectivity index (χ1) is 18.2. The molecular weight excluding hydrogens is 512 g/mol. The third-order valence-electron chi connectivity index (χ3n) is 7.12. The lowest BCUT2D eigenvalue weighted by molar-refractivity contribution is 0.00169. The molecule has 2 aliphatic rings. The number of rotatable bonds is 9. The molecule has 0 saturated heterocycles. The minimum atomic E-state index is -3.58. The average molecular weight is 545 g/mol. The van der Waals surface area contributed by atoms with E-state index in [-0.39, 0.29) is 48.4 Å². The molecule has 4 N–H and O–H groups in total. The second-order valence-corrected chi connectivity index (χ2v) is 11.8. The van der Waals surface area contributed by atoms with Gasteiger partial charge in [0, 0.05) is 28.8 Å². The van der Waals surface area contributed by atoms with Gasteiger partial charge in [0.1, 0.15) is 11.3 Å². The van der Waals surface area contributed by atoms with Gasteiger partial charge in [-0.05, 0) is 57.6 Å². The van der Waals surface area contributed by atoms with Gasteiger partial charge < -0.3 is 20.3 Å². The Balaban J connectivity index is 1.60. The summed E-state index contributed by atoms with van der Waals surface area (Å²) in [7, 11) is -2.17. The van der Waals surface area contributed by atoms with Gasteiger partial charge in [0.2, 0.25) is 21.9 Å². The molecule has 3 aromatic heterocycles. The highest BCUT2D eigenvalue weighted by atomic mass is 32.2. The molecule has 0 radical (unpaired) electrons. The van der Waals surface area contributed by atoms with Crippen LogP contribution < -0.4 is 20.8 Å². The van der Waals surface area contributed by atoms with Crippen LogP contribution in [-0.4, -0.2) is 64.7 Å². The zero-order valence-electron chi connectivity index (χ0n) is 21.4. The molecule has 0 aliphatic heterocycles. The van der Waals surface area contributed by atoms with Gasteiger partial charge in [-0.15, -0.1) is 0 Å². The summed E-state index contributed by atoms with van der Waals surface area (Å²) in [5, 5.41) is 9.31. The summed E-state index contributed by atoms with van der Waals surface area (Å²) in [6, 6.07) is 3.14. The summed E-state index contributed by atoms with van der Waals surface area (Å²) in [4.78, 5) is 27.1. The molecule has 0 amide bonds. The first kappa shape index (κ1) is 26.3. The number of aliphatic hydroxyl groups is 1. The molecule has 2 aliphatic carbocycles. The largest absolute Gasteiger partial charge is 0.480 e. The third kappa shape index (κ3) is 5.18. The van der Waals surface area contributed by atoms with Crippen LogP contribution in [-0.2, 0) is 14.8 Å². The van der Waals surface area contributed by atoms with Crippen LogP contribution in [0.1, 0.15) is 50.3 Å². The molecule has 0 aromatic carbocycles. The topological polar surface area (TPSA) is 172 Å². The minimum Gasteiger partial charge on any atom is -0.480 e. The lowest BCUT2D eigenvalue weighted by Crippen LogP contribution is -2.32. The molecule has 0 unspecified atom stereocenters. The normalized spacial score (nSPS) is 20.0. The summed E-state index contributed by atoms with van der Waals surface area (Å²) in [6.45, 7) is 2.06. The Kier molecular flexibility index (Phi) is 7.25. The first-order valence-corrected chi connectivity index (χ1v) is 14.2. The Morgan fingerprint density at radius 2 is 1.89 bits per heavy atom. The van der Waals surface area contributed by atoms with Gasteiger partial charge in [-0.3, -0.25) is 14.1 Å². The zero-order valence-corrected chi connectivity index (χ0v) is 22.2. The van der Waals surface area contributed by atoms with Gasteiger partial charge in [0.15, 0.2) is 0 Å². The third-order valence-corrected chi connectivity index (χ3v) is 8.98. The van der Waals surface area contributed by atoms with Gasteiger partial charge in [0.05, 0.1) is 37.4 Å². The van der Waals surface area contributed by atoms with Crippen molar-refractivity contribution >= 4 is 32.7 Å². The molecule has 2 fully saturated rings. The maximum atomic E-state index is 14.0. The van der Waals surface area contributed by atoms with E-state index in [4.69, 9.17) is 20.3 Å². The number of anilines is 2. The van der Waals surface area contributed by atoms with Crippen LogP contribution in [0.25, 0.3) is 22.2 Å². The fraction of sp³-hybridized carbons (Fsp3) is 0.520. The summed E-state index contributed by atoms with van der Waals surface area (Å²) in [6.07, 6.45) is 5.58. The van der Waals surface area contributed by atoms with Crippen LogP contribution in [0.2, 0.25) is 0 Å². The number of aliphatic hydroxyl groups excluding tert-OH is 1. The second-order valence-electron chi connectivity index (χ2n) is 9.79. The second kappa shape index (κ2) is 10.5. The number of fused-ring (bicyclic) bond motifs is 1. The molecule has 38 heavy (non-hydrogen) atoms. The number of aryl methyl sites for hydroxylation is 1. The number of ether oxygens (including phenoxy) is 2. The monoisotopic (exact) mass is 544 g/mol. The quantitative estimate of drug-likeness (QED) is 0.362. The van der Waals surface area contributed by atoms with Crippen molar-refractivity contribution in [2.24, 2.45) is 0 Å². The Morgan fingerprint density at radius 1 is 1.16 bits per heavy atom. The molecule has 3 heterocycles. The van der Waals surface area contributed by atoms with E-state index < -0.39 is 15.3 Å². The van der Waals surface area contributed by atoms with Crippen LogP contribution in [0.15, 0.2) is 23.1 Å². The highest BCUT2D eigenvalue weighted by Gasteiger charge is 2.36. The number of pyridine rings is 2. The predicted molar refractivity (Wildman–Crippen MR) is 143 cm³/mol. The maximum Gasteiger partial charge on any atom is 0.260 e. The van der Waals surface area contributed by atoms with E-state index in [2.05, 4.69) is 19.7 Å².